The van der Waals surface area contributed by atoms with Gasteiger partial charge in [0.1, 0.15) is 0 Å². The van der Waals surface area contributed by atoms with Gasteiger partial charge in [-0.3, -0.25) is 0 Å². The fraction of sp³-hybridized carbons (Fsp3) is 0.158. The molecule has 0 amide bonds. The van der Waals surface area contributed by atoms with Crippen molar-refractivity contribution < 1.29 is 4.11 Å². The maximum absolute atomic E-state index is 8.59. The molecule has 280 valence electrons. The van der Waals surface area contributed by atoms with Crippen molar-refractivity contribution in [2.75, 3.05) is 4.90 Å². The Kier molecular flexibility index (Phi) is 6.70. The molecule has 0 saturated carbocycles. The summed E-state index contributed by atoms with van der Waals surface area (Å²) in [6, 6.07) is 63.6. The van der Waals surface area contributed by atoms with Crippen LogP contribution in [0.25, 0.3) is 44.5 Å². The summed E-state index contributed by atoms with van der Waals surface area (Å²) >= 11 is 0. The molecule has 0 radical (unpaired) electrons. The molecule has 3 aliphatic rings. The Bertz CT molecular complexity index is 3090. The third-order valence-electron chi connectivity index (χ3n) is 13.4. The van der Waals surface area contributed by atoms with Crippen molar-refractivity contribution in [1.82, 2.24) is 0 Å². The van der Waals surface area contributed by atoms with Crippen LogP contribution >= 0.6 is 0 Å². The first-order valence-electron chi connectivity index (χ1n) is 22.0. The molecule has 1 spiro atoms. The summed E-state index contributed by atoms with van der Waals surface area (Å²) < 4.78 is 25.8. The summed E-state index contributed by atoms with van der Waals surface area (Å²) in [6.07, 6.45) is 0. The molecule has 11 rings (SSSR count). The minimum Gasteiger partial charge on any atom is -0.310 e. The van der Waals surface area contributed by atoms with Gasteiger partial charge in [-0.15, -0.1) is 0 Å². The van der Waals surface area contributed by atoms with Gasteiger partial charge in [-0.2, -0.15) is 0 Å². The summed E-state index contributed by atoms with van der Waals surface area (Å²) in [5.41, 5.74) is 20.7. The highest BCUT2D eigenvalue weighted by molar-refractivity contribution is 5.98. The molecule has 0 N–H and O–H groups in total. The number of nitrogens with zero attached hydrogens (tertiary/aromatic N) is 1. The zero-order valence-corrected chi connectivity index (χ0v) is 33.7. The fourth-order valence-electron chi connectivity index (χ4n) is 10.6. The second kappa shape index (κ2) is 12.3. The first-order chi connectivity index (χ1) is 29.3. The molecule has 0 fully saturated rings. The fourth-order valence-corrected chi connectivity index (χ4v) is 10.6. The Hall–Kier alpha value is -6.44. The molecule has 1 unspecified atom stereocenters. The second-order valence-electron chi connectivity index (χ2n) is 17.9. The normalized spacial score (nSPS) is 17.3. The Labute approximate surface area is 347 Å². The monoisotopic (exact) mass is 748 g/mol. The van der Waals surface area contributed by atoms with Crippen LogP contribution in [0.3, 0.4) is 0 Å². The van der Waals surface area contributed by atoms with E-state index in [1.807, 2.05) is 24.3 Å². The maximum Gasteiger partial charge on any atom is 0.0726 e. The number of aryl methyl sites for hydroxylation is 1. The van der Waals surface area contributed by atoms with E-state index in [1.54, 1.807) is 6.07 Å². The summed E-state index contributed by atoms with van der Waals surface area (Å²) in [5, 5.41) is 0. The lowest BCUT2D eigenvalue weighted by Crippen LogP contribution is -2.27. The van der Waals surface area contributed by atoms with Crippen molar-refractivity contribution in [2.45, 2.75) is 57.7 Å². The van der Waals surface area contributed by atoms with E-state index in [1.165, 1.54) is 72.3 Å². The summed E-state index contributed by atoms with van der Waals surface area (Å²) in [5.74, 6) is 0. The number of rotatable bonds is 4. The molecule has 0 bridgehead atoms. The van der Waals surface area contributed by atoms with Gasteiger partial charge in [0.05, 0.1) is 11.1 Å². The predicted octanol–water partition coefficient (Wildman–Crippen LogP) is 15.1. The van der Waals surface area contributed by atoms with Crippen LogP contribution in [0.2, 0.25) is 0 Å². The van der Waals surface area contributed by atoms with E-state index in [0.717, 1.165) is 22.6 Å². The van der Waals surface area contributed by atoms with E-state index in [4.69, 9.17) is 4.11 Å². The van der Waals surface area contributed by atoms with Gasteiger partial charge >= 0.3 is 0 Å². The third-order valence-corrected chi connectivity index (χ3v) is 13.4. The van der Waals surface area contributed by atoms with Crippen LogP contribution < -0.4 is 4.90 Å². The second-order valence-corrected chi connectivity index (χ2v) is 17.9. The highest BCUT2D eigenvalue weighted by Crippen LogP contribution is 2.64. The van der Waals surface area contributed by atoms with Gasteiger partial charge in [0.25, 0.3) is 0 Å². The SMILES string of the molecule is [2H]C([2H])([2H])c1ccccc1-c1ccccc1N(c1ccc2c(c1)C(C)(C)c1ccccc1-2)c1ccc2c(c1)C1(c3ccccc3-2)c2ccccc2-c2ccc(C(C)(C)C)cc21. The van der Waals surface area contributed by atoms with Gasteiger partial charge in [-0.1, -0.05) is 180 Å². The molecule has 3 aliphatic carbocycles. The Morgan fingerprint density at radius 1 is 0.414 bits per heavy atom. The molecule has 1 heteroatoms. The minimum atomic E-state index is -2.29. The Morgan fingerprint density at radius 3 is 1.48 bits per heavy atom. The summed E-state index contributed by atoms with van der Waals surface area (Å²) in [6.45, 7) is 9.25. The van der Waals surface area contributed by atoms with Crippen LogP contribution in [0.4, 0.5) is 17.1 Å². The lowest BCUT2D eigenvalue weighted by atomic mass is 9.69. The molecule has 0 aromatic heterocycles. The summed E-state index contributed by atoms with van der Waals surface area (Å²) in [4.78, 5) is 2.37. The van der Waals surface area contributed by atoms with Gasteiger partial charge in [0.2, 0.25) is 0 Å². The Morgan fingerprint density at radius 2 is 0.862 bits per heavy atom. The van der Waals surface area contributed by atoms with Gasteiger partial charge in [-0.25, -0.2) is 0 Å². The lowest BCUT2D eigenvalue weighted by Gasteiger charge is -2.34. The molecule has 0 heterocycles. The van der Waals surface area contributed by atoms with E-state index in [0.29, 0.717) is 11.1 Å². The average molecular weight is 749 g/mol. The highest BCUT2D eigenvalue weighted by Gasteiger charge is 2.52. The molecule has 8 aromatic rings. The van der Waals surface area contributed by atoms with E-state index >= 15 is 0 Å². The molecule has 0 saturated heterocycles. The number of benzene rings is 8. The largest absolute Gasteiger partial charge is 0.310 e. The Balaban J connectivity index is 1.21. The van der Waals surface area contributed by atoms with Crippen LogP contribution in [0.15, 0.2) is 176 Å². The van der Waals surface area contributed by atoms with E-state index in [-0.39, 0.29) is 10.8 Å². The van der Waals surface area contributed by atoms with Gasteiger partial charge < -0.3 is 4.90 Å². The maximum atomic E-state index is 8.59. The van der Waals surface area contributed by atoms with Gasteiger partial charge in [-0.05, 0) is 126 Å². The lowest BCUT2D eigenvalue weighted by molar-refractivity contribution is 0.588. The van der Waals surface area contributed by atoms with Crippen molar-refractivity contribution in [3.05, 3.63) is 220 Å². The van der Waals surface area contributed by atoms with E-state index < -0.39 is 12.3 Å². The molecular formula is C57H47N. The summed E-state index contributed by atoms with van der Waals surface area (Å²) in [7, 11) is 0. The first-order valence-corrected chi connectivity index (χ1v) is 20.5. The van der Waals surface area contributed by atoms with E-state index in [2.05, 4.69) is 185 Å². The van der Waals surface area contributed by atoms with Crippen LogP contribution in [0, 0.1) is 6.85 Å². The zero-order chi connectivity index (χ0) is 42.1. The van der Waals surface area contributed by atoms with E-state index in [9.17, 15) is 0 Å². The van der Waals surface area contributed by atoms with Crippen LogP contribution in [-0.4, -0.2) is 0 Å². The average Bonchev–Trinajstić information content (AvgIpc) is 3.81. The van der Waals surface area contributed by atoms with Gasteiger partial charge in [0, 0.05) is 26.5 Å². The first kappa shape index (κ1) is 31.6. The molecular weight excluding hydrogens is 699 g/mol. The third kappa shape index (κ3) is 4.71. The quantitative estimate of drug-likeness (QED) is 0.173. The van der Waals surface area contributed by atoms with Crippen molar-refractivity contribution in [3.63, 3.8) is 0 Å². The molecule has 8 aromatic carbocycles. The number of hydrogen-bond acceptors (Lipinski definition) is 1. The van der Waals surface area contributed by atoms with Crippen molar-refractivity contribution in [2.24, 2.45) is 0 Å². The molecule has 58 heavy (non-hydrogen) atoms. The highest BCUT2D eigenvalue weighted by atomic mass is 15.1. The zero-order valence-electron chi connectivity index (χ0n) is 36.7. The van der Waals surface area contributed by atoms with Crippen LogP contribution in [0.1, 0.15) is 83.2 Å². The standard InChI is InChI=1S/C57H47N/c1-36-17-7-8-18-40(36)47-22-12-16-26-54(47)58(38-28-31-44-41-19-9-13-23-48(41)56(5,6)51(44)34-38)39-29-32-46-43-21-11-15-25-50(43)57(53(46)35-39)49-24-14-10-20-42(49)45-30-27-37(33-52(45)57)55(2,3)4/h7-35H,1-6H3/i1D3. The van der Waals surface area contributed by atoms with Crippen LogP contribution in [-0.2, 0) is 16.2 Å². The van der Waals surface area contributed by atoms with Crippen LogP contribution in [0.5, 0.6) is 0 Å². The number of fused-ring (bicyclic) bond motifs is 13. The predicted molar refractivity (Wildman–Crippen MR) is 244 cm³/mol. The smallest absolute Gasteiger partial charge is 0.0726 e. The van der Waals surface area contributed by atoms with Gasteiger partial charge in [0.15, 0.2) is 0 Å². The molecule has 1 atom stereocenters. The van der Waals surface area contributed by atoms with Crippen molar-refractivity contribution in [3.8, 4) is 44.5 Å². The number of para-hydroxylation sites is 1. The topological polar surface area (TPSA) is 3.24 Å². The number of anilines is 3. The number of hydrogen-bond donors (Lipinski definition) is 0. The van der Waals surface area contributed by atoms with Crippen molar-refractivity contribution in [1.29, 1.82) is 0 Å². The molecule has 0 aliphatic heterocycles. The van der Waals surface area contributed by atoms with Crippen molar-refractivity contribution >= 4 is 17.1 Å². The minimum absolute atomic E-state index is 0.0413. The molecule has 1 nitrogen and oxygen atoms in total.